The largest absolute Gasteiger partial charge is 0.433 e. The molecule has 2 amide bonds. The van der Waals surface area contributed by atoms with Crippen LogP contribution in [0.3, 0.4) is 0 Å². The summed E-state index contributed by atoms with van der Waals surface area (Å²) in [7, 11) is 0. The fraction of sp³-hybridized carbons (Fsp3) is 0.538. The van der Waals surface area contributed by atoms with Gasteiger partial charge in [0.2, 0.25) is 5.91 Å². The molecule has 0 spiro atoms. The predicted octanol–water partition coefficient (Wildman–Crippen LogP) is 1.37. The maximum Gasteiger partial charge on any atom is 0.433 e. The van der Waals surface area contributed by atoms with Gasteiger partial charge in [-0.25, -0.2) is 0 Å². The van der Waals surface area contributed by atoms with Crippen molar-refractivity contribution >= 4 is 17.7 Å². The number of rotatable bonds is 5. The van der Waals surface area contributed by atoms with Crippen molar-refractivity contribution in [1.82, 2.24) is 10.6 Å². The van der Waals surface area contributed by atoms with Crippen LogP contribution in [-0.2, 0) is 4.79 Å². The molecule has 0 aliphatic heterocycles. The van der Waals surface area contributed by atoms with Gasteiger partial charge in [0.05, 0.1) is 12.6 Å². The maximum absolute atomic E-state index is 11.7. The zero-order chi connectivity index (χ0) is 15.2. The quantitative estimate of drug-likeness (QED) is 0.629. The van der Waals surface area contributed by atoms with Crippen LogP contribution in [-0.4, -0.2) is 29.3 Å². The van der Waals surface area contributed by atoms with Crippen LogP contribution in [0, 0.1) is 10.1 Å². The Morgan fingerprint density at radius 3 is 2.62 bits per heavy atom. The highest BCUT2D eigenvalue weighted by Gasteiger charge is 2.19. The van der Waals surface area contributed by atoms with Gasteiger partial charge in [0.25, 0.3) is 5.91 Å². The van der Waals surface area contributed by atoms with E-state index in [1.165, 1.54) is 12.5 Å². The van der Waals surface area contributed by atoms with E-state index in [0.717, 1.165) is 31.7 Å². The van der Waals surface area contributed by atoms with E-state index in [-0.39, 0.29) is 24.3 Å². The fourth-order valence-corrected chi connectivity index (χ4v) is 2.32. The first-order valence-electron chi connectivity index (χ1n) is 6.88. The van der Waals surface area contributed by atoms with Crippen LogP contribution in [0.15, 0.2) is 16.5 Å². The molecule has 0 saturated heterocycles. The van der Waals surface area contributed by atoms with Gasteiger partial charge < -0.3 is 15.1 Å². The van der Waals surface area contributed by atoms with Gasteiger partial charge in [0.15, 0.2) is 5.76 Å². The smallest absolute Gasteiger partial charge is 0.395 e. The standard InChI is InChI=1S/C13H17N3O5/c17-11(15-9-4-2-1-3-5-9)8-14-13(18)10-6-7-12(21-10)16(19)20/h6-7,9H,1-5,8H2,(H,14,18)(H,15,17). The number of nitrogens with zero attached hydrogens (tertiary/aromatic N) is 1. The average Bonchev–Trinajstić information content (AvgIpc) is 2.96. The molecule has 21 heavy (non-hydrogen) atoms. The highest BCUT2D eigenvalue weighted by molar-refractivity contribution is 5.94. The number of hydrogen-bond acceptors (Lipinski definition) is 5. The van der Waals surface area contributed by atoms with Gasteiger partial charge in [-0.1, -0.05) is 19.3 Å². The molecule has 1 saturated carbocycles. The molecule has 2 N–H and O–H groups in total. The molecule has 2 rings (SSSR count). The third kappa shape index (κ3) is 4.30. The van der Waals surface area contributed by atoms with Gasteiger partial charge in [0, 0.05) is 6.04 Å². The summed E-state index contributed by atoms with van der Waals surface area (Å²) < 4.78 is 4.75. The Morgan fingerprint density at radius 2 is 2.00 bits per heavy atom. The van der Waals surface area contributed by atoms with Gasteiger partial charge >= 0.3 is 5.88 Å². The monoisotopic (exact) mass is 295 g/mol. The van der Waals surface area contributed by atoms with E-state index in [0.29, 0.717) is 0 Å². The van der Waals surface area contributed by atoms with E-state index in [4.69, 9.17) is 4.42 Å². The first-order valence-corrected chi connectivity index (χ1v) is 6.88. The molecule has 1 aromatic heterocycles. The molecule has 0 radical (unpaired) electrons. The van der Waals surface area contributed by atoms with Crippen molar-refractivity contribution in [2.75, 3.05) is 6.54 Å². The van der Waals surface area contributed by atoms with Crippen LogP contribution in [0.2, 0.25) is 0 Å². The molecule has 114 valence electrons. The second kappa shape index (κ2) is 6.87. The van der Waals surface area contributed by atoms with Gasteiger partial charge in [-0.3, -0.25) is 19.7 Å². The third-order valence-corrected chi connectivity index (χ3v) is 3.38. The van der Waals surface area contributed by atoms with Crippen molar-refractivity contribution < 1.29 is 18.9 Å². The van der Waals surface area contributed by atoms with E-state index in [2.05, 4.69) is 10.6 Å². The predicted molar refractivity (Wildman–Crippen MR) is 72.7 cm³/mol. The molecule has 0 bridgehead atoms. The lowest BCUT2D eigenvalue weighted by Gasteiger charge is -2.22. The molecule has 8 heteroatoms. The summed E-state index contributed by atoms with van der Waals surface area (Å²) in [5.74, 6) is -1.61. The Hall–Kier alpha value is -2.38. The number of nitro groups is 1. The van der Waals surface area contributed by atoms with Gasteiger partial charge in [-0.2, -0.15) is 0 Å². The third-order valence-electron chi connectivity index (χ3n) is 3.38. The lowest BCUT2D eigenvalue weighted by atomic mass is 9.95. The van der Waals surface area contributed by atoms with Gasteiger partial charge in [-0.05, 0) is 18.9 Å². The Labute approximate surface area is 121 Å². The van der Waals surface area contributed by atoms with Gasteiger partial charge in [-0.15, -0.1) is 0 Å². The van der Waals surface area contributed by atoms with Crippen molar-refractivity contribution in [2.45, 2.75) is 38.1 Å². The molecule has 0 unspecified atom stereocenters. The van der Waals surface area contributed by atoms with Crippen LogP contribution in [0.1, 0.15) is 42.7 Å². The van der Waals surface area contributed by atoms with Crippen LogP contribution in [0.5, 0.6) is 0 Å². The lowest BCUT2D eigenvalue weighted by Crippen LogP contribution is -2.42. The SMILES string of the molecule is O=C(CNC(=O)c1ccc([N+](=O)[O-])o1)NC1CCCCC1. The summed E-state index contributed by atoms with van der Waals surface area (Å²) in [5.41, 5.74) is 0. The van der Waals surface area contributed by atoms with Crippen LogP contribution < -0.4 is 10.6 Å². The Balaban J connectivity index is 1.77. The van der Waals surface area contributed by atoms with Crippen LogP contribution >= 0.6 is 0 Å². The summed E-state index contributed by atoms with van der Waals surface area (Å²) in [5, 5.41) is 15.7. The normalized spacial score (nSPS) is 15.4. The van der Waals surface area contributed by atoms with E-state index in [1.54, 1.807) is 0 Å². The summed E-state index contributed by atoms with van der Waals surface area (Å²) in [4.78, 5) is 33.1. The summed E-state index contributed by atoms with van der Waals surface area (Å²) >= 11 is 0. The van der Waals surface area contributed by atoms with Crippen LogP contribution in [0.25, 0.3) is 0 Å². The molecule has 1 heterocycles. The Morgan fingerprint density at radius 1 is 1.29 bits per heavy atom. The van der Waals surface area contributed by atoms with E-state index >= 15 is 0 Å². The summed E-state index contributed by atoms with van der Waals surface area (Å²) in [6.07, 6.45) is 5.33. The molecular weight excluding hydrogens is 278 g/mol. The fourth-order valence-electron chi connectivity index (χ4n) is 2.32. The molecular formula is C13H17N3O5. The molecule has 8 nitrogen and oxygen atoms in total. The zero-order valence-electron chi connectivity index (χ0n) is 11.5. The van der Waals surface area contributed by atoms with E-state index < -0.39 is 16.7 Å². The molecule has 1 aliphatic carbocycles. The maximum atomic E-state index is 11.7. The number of furan rings is 1. The number of nitrogens with one attached hydrogen (secondary N) is 2. The average molecular weight is 295 g/mol. The molecule has 0 aromatic carbocycles. The molecule has 0 atom stereocenters. The summed E-state index contributed by atoms with van der Waals surface area (Å²) in [6.45, 7) is -0.177. The van der Waals surface area contributed by atoms with Gasteiger partial charge in [0.1, 0.15) is 4.92 Å². The first kappa shape index (κ1) is 15.0. The highest BCUT2D eigenvalue weighted by atomic mass is 16.6. The van der Waals surface area contributed by atoms with Crippen LogP contribution in [0.4, 0.5) is 5.88 Å². The van der Waals surface area contributed by atoms with Crippen molar-refractivity contribution in [3.8, 4) is 0 Å². The van der Waals surface area contributed by atoms with E-state index in [9.17, 15) is 19.7 Å². The zero-order valence-corrected chi connectivity index (χ0v) is 11.5. The molecule has 1 fully saturated rings. The number of carbonyl (C=O) groups excluding carboxylic acids is 2. The highest BCUT2D eigenvalue weighted by Crippen LogP contribution is 2.17. The second-order valence-electron chi connectivity index (χ2n) is 4.98. The minimum atomic E-state index is -0.730. The molecule has 1 aliphatic rings. The summed E-state index contributed by atoms with van der Waals surface area (Å²) in [6, 6.07) is 2.47. The number of amides is 2. The Kier molecular flexibility index (Phi) is 4.91. The van der Waals surface area contributed by atoms with Crippen molar-refractivity contribution in [1.29, 1.82) is 0 Å². The minimum absolute atomic E-state index is 0.174. The second-order valence-corrected chi connectivity index (χ2v) is 4.98. The lowest BCUT2D eigenvalue weighted by molar-refractivity contribution is -0.402. The Bertz CT molecular complexity index is 534. The molecule has 1 aromatic rings. The number of carbonyl (C=O) groups is 2. The van der Waals surface area contributed by atoms with Crippen molar-refractivity contribution in [3.05, 3.63) is 28.0 Å². The van der Waals surface area contributed by atoms with Crippen molar-refractivity contribution in [3.63, 3.8) is 0 Å². The van der Waals surface area contributed by atoms with Crippen molar-refractivity contribution in [2.24, 2.45) is 0 Å². The first-order chi connectivity index (χ1) is 10.1. The minimum Gasteiger partial charge on any atom is -0.395 e. The number of hydrogen-bond donors (Lipinski definition) is 2. The van der Waals surface area contributed by atoms with E-state index in [1.807, 2.05) is 0 Å². The topological polar surface area (TPSA) is 114 Å².